The summed E-state index contributed by atoms with van der Waals surface area (Å²) in [6.45, 7) is 1.70. The van der Waals surface area contributed by atoms with Gasteiger partial charge in [0.1, 0.15) is 0 Å². The number of carbonyl (C=O) groups is 1. The first-order valence-electron chi connectivity index (χ1n) is 7.52. The molecule has 0 aromatic rings. The van der Waals surface area contributed by atoms with Crippen molar-refractivity contribution in [2.75, 3.05) is 25.4 Å². The van der Waals surface area contributed by atoms with Crippen LogP contribution < -0.4 is 15.4 Å². The average Bonchev–Trinajstić information content (AvgIpc) is 2.79. The van der Waals surface area contributed by atoms with Crippen LogP contribution in [0.5, 0.6) is 0 Å². The summed E-state index contributed by atoms with van der Waals surface area (Å²) in [7, 11) is -3.26. The molecule has 8 heteroatoms. The number of halogens is 1. The molecule has 124 valence electrons. The number of hydrogen-bond donors (Lipinski definition) is 3. The van der Waals surface area contributed by atoms with Crippen LogP contribution in [0, 0.1) is 5.92 Å². The molecule has 1 saturated carbocycles. The standard InChI is InChI=1S/C13H25N3O3S.ClH/c17-13(9-12-5-2-6-14-12)15-7-8-20(18,19)16-10-11-3-1-4-11;/h11-12,14,16H,1-10H2,(H,15,17);1H. The van der Waals surface area contributed by atoms with Crippen molar-refractivity contribution >= 4 is 28.3 Å². The van der Waals surface area contributed by atoms with E-state index in [1.807, 2.05) is 0 Å². The maximum absolute atomic E-state index is 11.7. The number of nitrogens with one attached hydrogen (secondary N) is 3. The highest BCUT2D eigenvalue weighted by atomic mass is 35.5. The number of amides is 1. The van der Waals surface area contributed by atoms with Gasteiger partial charge in [-0.3, -0.25) is 4.79 Å². The second kappa shape index (κ2) is 8.92. The highest BCUT2D eigenvalue weighted by Crippen LogP contribution is 2.25. The van der Waals surface area contributed by atoms with Gasteiger partial charge in [0.2, 0.25) is 15.9 Å². The highest BCUT2D eigenvalue weighted by molar-refractivity contribution is 7.89. The molecule has 2 fully saturated rings. The van der Waals surface area contributed by atoms with Gasteiger partial charge in [0.25, 0.3) is 0 Å². The van der Waals surface area contributed by atoms with E-state index >= 15 is 0 Å². The first-order chi connectivity index (χ1) is 9.55. The first-order valence-corrected chi connectivity index (χ1v) is 9.18. The van der Waals surface area contributed by atoms with E-state index in [0.29, 0.717) is 18.9 Å². The van der Waals surface area contributed by atoms with E-state index in [1.54, 1.807) is 0 Å². The van der Waals surface area contributed by atoms with Gasteiger partial charge in [-0.05, 0) is 38.1 Å². The molecule has 1 aliphatic heterocycles. The molecule has 0 aromatic heterocycles. The van der Waals surface area contributed by atoms with Crippen molar-refractivity contribution in [1.82, 2.24) is 15.4 Å². The van der Waals surface area contributed by atoms with Gasteiger partial charge in [-0.25, -0.2) is 13.1 Å². The van der Waals surface area contributed by atoms with Crippen LogP contribution in [0.3, 0.4) is 0 Å². The molecular formula is C13H26ClN3O3S. The second-order valence-electron chi connectivity index (χ2n) is 5.81. The van der Waals surface area contributed by atoms with Crippen molar-refractivity contribution in [2.24, 2.45) is 5.92 Å². The van der Waals surface area contributed by atoms with Crippen molar-refractivity contribution in [3.63, 3.8) is 0 Å². The van der Waals surface area contributed by atoms with Gasteiger partial charge in [-0.1, -0.05) is 6.42 Å². The van der Waals surface area contributed by atoms with E-state index in [2.05, 4.69) is 15.4 Å². The Morgan fingerprint density at radius 3 is 2.52 bits per heavy atom. The lowest BCUT2D eigenvalue weighted by Gasteiger charge is -2.25. The van der Waals surface area contributed by atoms with E-state index in [-0.39, 0.29) is 36.7 Å². The van der Waals surface area contributed by atoms with Crippen LogP contribution in [-0.4, -0.2) is 45.8 Å². The molecule has 1 unspecified atom stereocenters. The molecular weight excluding hydrogens is 314 g/mol. The Balaban J connectivity index is 0.00000220. The fourth-order valence-electron chi connectivity index (χ4n) is 2.57. The number of hydrogen-bond acceptors (Lipinski definition) is 4. The summed E-state index contributed by atoms with van der Waals surface area (Å²) >= 11 is 0. The zero-order chi connectivity index (χ0) is 14.4. The van der Waals surface area contributed by atoms with E-state index in [1.165, 1.54) is 6.42 Å². The Morgan fingerprint density at radius 2 is 1.95 bits per heavy atom. The van der Waals surface area contributed by atoms with Crippen LogP contribution >= 0.6 is 12.4 Å². The van der Waals surface area contributed by atoms with Gasteiger partial charge in [-0.2, -0.15) is 0 Å². The van der Waals surface area contributed by atoms with E-state index in [0.717, 1.165) is 32.2 Å². The van der Waals surface area contributed by atoms with Crippen LogP contribution in [-0.2, 0) is 14.8 Å². The minimum absolute atomic E-state index is 0. The molecule has 1 aliphatic carbocycles. The summed E-state index contributed by atoms with van der Waals surface area (Å²) in [5.41, 5.74) is 0. The predicted molar refractivity (Wildman–Crippen MR) is 85.0 cm³/mol. The maximum atomic E-state index is 11.7. The topological polar surface area (TPSA) is 87.3 Å². The van der Waals surface area contributed by atoms with Gasteiger partial charge in [0.15, 0.2) is 0 Å². The smallest absolute Gasteiger partial charge is 0.221 e. The fourth-order valence-corrected chi connectivity index (χ4v) is 3.57. The molecule has 1 atom stereocenters. The molecule has 0 aromatic carbocycles. The van der Waals surface area contributed by atoms with Crippen molar-refractivity contribution in [2.45, 2.75) is 44.6 Å². The largest absolute Gasteiger partial charge is 0.355 e. The SMILES string of the molecule is Cl.O=C(CC1CCCN1)NCCS(=O)(=O)NCC1CCC1. The second-order valence-corrected chi connectivity index (χ2v) is 7.74. The summed E-state index contributed by atoms with van der Waals surface area (Å²) in [6, 6.07) is 0.253. The van der Waals surface area contributed by atoms with Crippen LogP contribution in [0.4, 0.5) is 0 Å². The third-order valence-corrected chi connectivity index (χ3v) is 5.45. The summed E-state index contributed by atoms with van der Waals surface area (Å²) in [4.78, 5) is 11.6. The number of rotatable bonds is 8. The van der Waals surface area contributed by atoms with E-state index in [9.17, 15) is 13.2 Å². The Morgan fingerprint density at radius 1 is 1.19 bits per heavy atom. The molecule has 1 saturated heterocycles. The Bertz CT molecular complexity index is 420. The minimum Gasteiger partial charge on any atom is -0.355 e. The lowest BCUT2D eigenvalue weighted by Crippen LogP contribution is -2.38. The Kier molecular flexibility index (Phi) is 7.94. The van der Waals surface area contributed by atoms with Gasteiger partial charge in [0.05, 0.1) is 5.75 Å². The third kappa shape index (κ3) is 6.95. The van der Waals surface area contributed by atoms with Gasteiger partial charge in [-0.15, -0.1) is 12.4 Å². The molecule has 6 nitrogen and oxygen atoms in total. The minimum atomic E-state index is -3.26. The van der Waals surface area contributed by atoms with Crippen molar-refractivity contribution in [3.05, 3.63) is 0 Å². The van der Waals surface area contributed by atoms with Crippen LogP contribution in [0.1, 0.15) is 38.5 Å². The maximum Gasteiger partial charge on any atom is 0.221 e. The average molecular weight is 340 g/mol. The quantitative estimate of drug-likeness (QED) is 0.597. The third-order valence-electron chi connectivity index (χ3n) is 4.10. The van der Waals surface area contributed by atoms with Crippen LogP contribution in [0.25, 0.3) is 0 Å². The van der Waals surface area contributed by atoms with Gasteiger partial charge in [0, 0.05) is 25.6 Å². The highest BCUT2D eigenvalue weighted by Gasteiger charge is 2.21. The molecule has 0 radical (unpaired) electrons. The van der Waals surface area contributed by atoms with Crippen molar-refractivity contribution in [3.8, 4) is 0 Å². The van der Waals surface area contributed by atoms with Crippen LogP contribution in [0.15, 0.2) is 0 Å². The number of sulfonamides is 1. The normalized spacial score (nSPS) is 22.4. The van der Waals surface area contributed by atoms with Crippen molar-refractivity contribution in [1.29, 1.82) is 0 Å². The molecule has 21 heavy (non-hydrogen) atoms. The summed E-state index contributed by atoms with van der Waals surface area (Å²) in [5.74, 6) is 0.398. The lowest BCUT2D eigenvalue weighted by atomic mass is 9.86. The molecule has 1 amide bonds. The Labute approximate surface area is 133 Å². The van der Waals surface area contributed by atoms with E-state index in [4.69, 9.17) is 0 Å². The van der Waals surface area contributed by atoms with Crippen molar-refractivity contribution < 1.29 is 13.2 Å². The predicted octanol–water partition coefficient (Wildman–Crippen LogP) is 0.386. The van der Waals surface area contributed by atoms with E-state index < -0.39 is 10.0 Å². The summed E-state index contributed by atoms with van der Waals surface area (Å²) in [5, 5.41) is 5.93. The zero-order valence-electron chi connectivity index (χ0n) is 12.3. The number of carbonyl (C=O) groups excluding carboxylic acids is 1. The molecule has 2 rings (SSSR count). The lowest BCUT2D eigenvalue weighted by molar-refractivity contribution is -0.121. The molecule has 1 heterocycles. The molecule has 3 N–H and O–H groups in total. The van der Waals surface area contributed by atoms with Gasteiger partial charge >= 0.3 is 0 Å². The summed E-state index contributed by atoms with van der Waals surface area (Å²) in [6.07, 6.45) is 6.01. The zero-order valence-corrected chi connectivity index (χ0v) is 13.9. The monoisotopic (exact) mass is 339 g/mol. The Hall–Kier alpha value is -0.370. The molecule has 2 aliphatic rings. The first kappa shape index (κ1) is 18.7. The van der Waals surface area contributed by atoms with Gasteiger partial charge < -0.3 is 10.6 Å². The summed E-state index contributed by atoms with van der Waals surface area (Å²) < 4.78 is 26.1. The fraction of sp³-hybridized carbons (Fsp3) is 0.923. The molecule has 0 spiro atoms. The molecule has 0 bridgehead atoms. The van der Waals surface area contributed by atoms with Crippen LogP contribution in [0.2, 0.25) is 0 Å².